The number of hydrogen-bond acceptors (Lipinski definition) is 4. The molecule has 2 N–H and O–H groups in total. The van der Waals surface area contributed by atoms with E-state index < -0.39 is 43.7 Å². The average Bonchev–Trinajstić information content (AvgIpc) is 2.42. The third-order valence-corrected chi connectivity index (χ3v) is 5.20. The molecule has 5 nitrogen and oxygen atoms in total. The molecule has 1 rings (SSSR count). The number of carboxylic acid groups (broad SMARTS) is 1. The number of nitrogens with one attached hydrogen (secondary N) is 1. The number of hydrogen-bond donors (Lipinski definition) is 2. The van der Waals surface area contributed by atoms with Gasteiger partial charge in [-0.3, -0.25) is 4.79 Å². The minimum atomic E-state index is -4.83. The monoisotopic (exact) mass is 391 g/mol. The van der Waals surface area contributed by atoms with Crippen molar-refractivity contribution in [2.24, 2.45) is 0 Å². The van der Waals surface area contributed by atoms with Gasteiger partial charge in [-0.05, 0) is 36.6 Å². The summed E-state index contributed by atoms with van der Waals surface area (Å²) < 4.78 is 64.4. The minimum absolute atomic E-state index is 0.00452. The molecule has 0 spiro atoms. The topological polar surface area (TPSA) is 83.5 Å². The lowest BCUT2D eigenvalue weighted by Gasteiger charge is -2.16. The largest absolute Gasteiger partial charge is 0.480 e. The first kappa shape index (κ1) is 20.1. The highest BCUT2D eigenvalue weighted by Crippen LogP contribution is 2.35. The molecule has 0 saturated carbocycles. The van der Waals surface area contributed by atoms with E-state index in [0.717, 1.165) is 12.1 Å². The van der Waals surface area contributed by atoms with Crippen LogP contribution in [0.5, 0.6) is 0 Å². The van der Waals surface area contributed by atoms with Crippen LogP contribution in [-0.2, 0) is 21.0 Å². The van der Waals surface area contributed by atoms with Gasteiger partial charge in [-0.15, -0.1) is 0 Å². The zero-order valence-corrected chi connectivity index (χ0v) is 14.1. The summed E-state index contributed by atoms with van der Waals surface area (Å²) in [6, 6.07) is 0.625. The smallest absolute Gasteiger partial charge is 0.417 e. The van der Waals surface area contributed by atoms with Crippen LogP contribution in [0, 0.1) is 0 Å². The Morgan fingerprint density at radius 3 is 2.52 bits per heavy atom. The first-order chi connectivity index (χ1) is 10.5. The van der Waals surface area contributed by atoms with E-state index >= 15 is 0 Å². The van der Waals surface area contributed by atoms with Gasteiger partial charge in [-0.2, -0.15) is 29.7 Å². The van der Waals surface area contributed by atoms with Gasteiger partial charge in [-0.1, -0.05) is 11.6 Å². The summed E-state index contributed by atoms with van der Waals surface area (Å²) in [5.41, 5.74) is -1.31. The maximum Gasteiger partial charge on any atom is 0.417 e. The molecule has 1 atom stereocenters. The SMILES string of the molecule is CSCC[C@H](NS(=O)(=O)c1ccc(Cl)c(C(F)(F)F)c1)C(=O)O. The van der Waals surface area contributed by atoms with Crippen molar-refractivity contribution < 1.29 is 31.5 Å². The van der Waals surface area contributed by atoms with Crippen LogP contribution in [-0.4, -0.2) is 37.5 Å². The fourth-order valence-electron chi connectivity index (χ4n) is 1.61. The van der Waals surface area contributed by atoms with Crippen molar-refractivity contribution in [2.45, 2.75) is 23.5 Å². The van der Waals surface area contributed by atoms with Crippen molar-refractivity contribution in [3.63, 3.8) is 0 Å². The Labute approximate surface area is 140 Å². The summed E-state index contributed by atoms with van der Waals surface area (Å²) >= 11 is 6.74. The van der Waals surface area contributed by atoms with Gasteiger partial charge in [0, 0.05) is 0 Å². The van der Waals surface area contributed by atoms with E-state index in [-0.39, 0.29) is 6.42 Å². The zero-order chi connectivity index (χ0) is 17.8. The van der Waals surface area contributed by atoms with Gasteiger partial charge in [-0.25, -0.2) is 8.42 Å². The van der Waals surface area contributed by atoms with Crippen LogP contribution in [0.1, 0.15) is 12.0 Å². The molecule has 0 amide bonds. The van der Waals surface area contributed by atoms with Gasteiger partial charge >= 0.3 is 12.1 Å². The number of aliphatic carboxylic acids is 1. The molecule has 0 aliphatic heterocycles. The summed E-state index contributed by atoms with van der Waals surface area (Å²) in [6.45, 7) is 0. The third-order valence-electron chi connectivity index (χ3n) is 2.76. The summed E-state index contributed by atoms with van der Waals surface area (Å²) in [4.78, 5) is 10.4. The molecule has 0 heterocycles. The number of thioether (sulfide) groups is 1. The highest BCUT2D eigenvalue weighted by Gasteiger charge is 2.35. The van der Waals surface area contributed by atoms with Crippen molar-refractivity contribution in [2.75, 3.05) is 12.0 Å². The molecule has 130 valence electrons. The van der Waals surface area contributed by atoms with E-state index in [1.807, 2.05) is 4.72 Å². The lowest BCUT2D eigenvalue weighted by atomic mass is 10.2. The Morgan fingerprint density at radius 2 is 2.04 bits per heavy atom. The second kappa shape index (κ2) is 7.73. The molecule has 0 unspecified atom stereocenters. The molecule has 23 heavy (non-hydrogen) atoms. The minimum Gasteiger partial charge on any atom is -0.480 e. The first-order valence-electron chi connectivity index (χ1n) is 6.10. The molecular formula is C12H13ClF3NO4S2. The normalized spacial score (nSPS) is 13.8. The van der Waals surface area contributed by atoms with Crippen LogP contribution in [0.4, 0.5) is 13.2 Å². The van der Waals surface area contributed by atoms with Crippen LogP contribution in [0.2, 0.25) is 5.02 Å². The summed E-state index contributed by atoms with van der Waals surface area (Å²) in [5.74, 6) is -1.04. The molecule has 0 aliphatic carbocycles. The molecule has 1 aromatic rings. The fourth-order valence-corrected chi connectivity index (χ4v) is 3.56. The summed E-state index contributed by atoms with van der Waals surface area (Å²) in [5, 5.41) is 8.36. The van der Waals surface area contributed by atoms with E-state index in [0.29, 0.717) is 11.8 Å². The summed E-state index contributed by atoms with van der Waals surface area (Å²) in [7, 11) is -4.43. The molecule has 1 aromatic carbocycles. The average molecular weight is 392 g/mol. The molecule has 0 saturated heterocycles. The number of alkyl halides is 3. The number of halogens is 4. The Morgan fingerprint density at radius 1 is 1.43 bits per heavy atom. The predicted molar refractivity (Wildman–Crippen MR) is 81.2 cm³/mol. The summed E-state index contributed by atoms with van der Waals surface area (Å²) in [6.07, 6.45) is -3.12. The van der Waals surface area contributed by atoms with Gasteiger partial charge in [0.25, 0.3) is 0 Å². The fraction of sp³-hybridized carbons (Fsp3) is 0.417. The maximum atomic E-state index is 12.8. The Kier molecular flexibility index (Phi) is 6.75. The van der Waals surface area contributed by atoms with Crippen LogP contribution < -0.4 is 4.72 Å². The van der Waals surface area contributed by atoms with Gasteiger partial charge < -0.3 is 5.11 Å². The molecule has 0 fully saturated rings. The van der Waals surface area contributed by atoms with E-state index in [1.165, 1.54) is 11.8 Å². The van der Waals surface area contributed by atoms with Crippen molar-refractivity contribution in [1.29, 1.82) is 0 Å². The maximum absolute atomic E-state index is 12.8. The number of rotatable bonds is 7. The molecule has 0 aliphatic rings. The molecular weight excluding hydrogens is 379 g/mol. The molecule has 11 heteroatoms. The zero-order valence-electron chi connectivity index (χ0n) is 11.7. The van der Waals surface area contributed by atoms with E-state index in [1.54, 1.807) is 6.26 Å². The second-order valence-electron chi connectivity index (χ2n) is 4.43. The van der Waals surface area contributed by atoms with Gasteiger partial charge in [0.15, 0.2) is 0 Å². The predicted octanol–water partition coefficient (Wildman–Crippen LogP) is 2.84. The quantitative estimate of drug-likeness (QED) is 0.746. The number of carbonyl (C=O) groups is 1. The van der Waals surface area contributed by atoms with Crippen molar-refractivity contribution in [1.82, 2.24) is 4.72 Å². The molecule has 0 aromatic heterocycles. The number of carboxylic acids is 1. The second-order valence-corrected chi connectivity index (χ2v) is 7.54. The molecule has 0 bridgehead atoms. The third kappa shape index (κ3) is 5.55. The van der Waals surface area contributed by atoms with Crippen molar-refractivity contribution >= 4 is 39.4 Å². The first-order valence-corrected chi connectivity index (χ1v) is 9.35. The lowest BCUT2D eigenvalue weighted by molar-refractivity contribution is -0.139. The van der Waals surface area contributed by atoms with Gasteiger partial charge in [0.2, 0.25) is 10.0 Å². The number of benzene rings is 1. The van der Waals surface area contributed by atoms with Crippen LogP contribution in [0.3, 0.4) is 0 Å². The standard InChI is InChI=1S/C12H13ClF3NO4S2/c1-22-5-4-10(11(18)19)17-23(20,21)7-2-3-9(13)8(6-7)12(14,15)16/h2-3,6,10,17H,4-5H2,1H3,(H,18,19)/t10-/m0/s1. The Balaban J connectivity index is 3.15. The highest BCUT2D eigenvalue weighted by molar-refractivity contribution is 7.98. The van der Waals surface area contributed by atoms with Crippen LogP contribution >= 0.6 is 23.4 Å². The van der Waals surface area contributed by atoms with Crippen molar-refractivity contribution in [3.8, 4) is 0 Å². The van der Waals surface area contributed by atoms with E-state index in [4.69, 9.17) is 16.7 Å². The lowest BCUT2D eigenvalue weighted by Crippen LogP contribution is -2.41. The van der Waals surface area contributed by atoms with Gasteiger partial charge in [0.05, 0.1) is 15.5 Å². The van der Waals surface area contributed by atoms with E-state index in [2.05, 4.69) is 0 Å². The van der Waals surface area contributed by atoms with Crippen LogP contribution in [0.15, 0.2) is 23.1 Å². The highest BCUT2D eigenvalue weighted by atomic mass is 35.5. The Bertz CT molecular complexity index is 679. The molecule has 0 radical (unpaired) electrons. The Hall–Kier alpha value is -0.970. The number of sulfonamides is 1. The van der Waals surface area contributed by atoms with Crippen molar-refractivity contribution in [3.05, 3.63) is 28.8 Å². The van der Waals surface area contributed by atoms with Gasteiger partial charge in [0.1, 0.15) is 6.04 Å². The van der Waals surface area contributed by atoms with E-state index in [9.17, 15) is 26.4 Å². The van der Waals surface area contributed by atoms with Crippen LogP contribution in [0.25, 0.3) is 0 Å².